The smallest absolute Gasteiger partial charge is 0.262 e. The molecule has 3 aromatic carbocycles. The average molecular weight is 609 g/mol. The van der Waals surface area contributed by atoms with Gasteiger partial charge in [-0.25, -0.2) is 0 Å². The number of nitrogens with one attached hydrogen (secondary N) is 1. The fourth-order valence-electron chi connectivity index (χ4n) is 6.35. The number of aryl methyl sites for hydroxylation is 1. The minimum Gasteiger partial charge on any atom is -0.457 e. The van der Waals surface area contributed by atoms with E-state index >= 15 is 0 Å². The third-order valence-corrected chi connectivity index (χ3v) is 9.71. The molecule has 2 aliphatic rings. The lowest BCUT2D eigenvalue weighted by Crippen LogP contribution is -2.53. The third-order valence-electron chi connectivity index (χ3n) is 8.46. The number of ether oxygens (including phenoxy) is 1. The van der Waals surface area contributed by atoms with Crippen molar-refractivity contribution in [1.29, 1.82) is 5.26 Å². The van der Waals surface area contributed by atoms with Gasteiger partial charge in [-0.15, -0.1) is 11.3 Å². The molecule has 2 heterocycles. The summed E-state index contributed by atoms with van der Waals surface area (Å²) in [6.07, 6.45) is 1.17. The first kappa shape index (κ1) is 29.3. The fourth-order valence-corrected chi connectivity index (χ4v) is 7.55. The molecule has 7 N–H and O–H groups in total. The number of carbonyl (C=O) groups is 3. The molecule has 4 aromatic rings. The second-order valence-corrected chi connectivity index (χ2v) is 12.3. The van der Waals surface area contributed by atoms with E-state index in [0.717, 1.165) is 5.56 Å². The van der Waals surface area contributed by atoms with Crippen LogP contribution in [0.15, 0.2) is 60.7 Å². The van der Waals surface area contributed by atoms with Gasteiger partial charge in [0.1, 0.15) is 23.5 Å². The number of nitriles is 1. The number of piperidine rings is 1. The van der Waals surface area contributed by atoms with E-state index in [1.807, 2.05) is 49.4 Å². The Labute approximate surface area is 258 Å². The molecule has 1 aliphatic heterocycles. The zero-order valence-corrected chi connectivity index (χ0v) is 24.9. The molecule has 1 saturated heterocycles. The van der Waals surface area contributed by atoms with Crippen molar-refractivity contribution in [3.05, 3.63) is 87.8 Å². The van der Waals surface area contributed by atoms with Gasteiger partial charge in [-0.05, 0) is 66.8 Å². The van der Waals surface area contributed by atoms with Crippen molar-refractivity contribution < 1.29 is 19.1 Å². The Hall–Kier alpha value is -4.76. The van der Waals surface area contributed by atoms with Gasteiger partial charge in [0.2, 0.25) is 5.91 Å². The number of nitrogens with zero attached hydrogens (tertiary/aromatic N) is 2. The van der Waals surface area contributed by atoms with Gasteiger partial charge in [0.05, 0.1) is 21.7 Å². The van der Waals surface area contributed by atoms with Crippen LogP contribution in [0.1, 0.15) is 57.2 Å². The van der Waals surface area contributed by atoms with E-state index in [0.29, 0.717) is 74.8 Å². The van der Waals surface area contributed by atoms with E-state index < -0.39 is 23.3 Å². The highest BCUT2D eigenvalue weighted by atomic mass is 32.1. The molecule has 0 saturated carbocycles. The summed E-state index contributed by atoms with van der Waals surface area (Å²) in [5.41, 5.74) is 21.3. The van der Waals surface area contributed by atoms with Gasteiger partial charge in [-0.2, -0.15) is 5.26 Å². The predicted octanol–water partition coefficient (Wildman–Crippen LogP) is 4.00. The lowest BCUT2D eigenvalue weighted by Gasteiger charge is -2.37. The number of rotatable bonds is 6. The van der Waals surface area contributed by atoms with Crippen molar-refractivity contribution in [1.82, 2.24) is 10.2 Å². The summed E-state index contributed by atoms with van der Waals surface area (Å²) in [5.74, 6) is 0.192. The first-order chi connectivity index (χ1) is 21.1. The molecule has 1 aliphatic carbocycles. The molecule has 1 fully saturated rings. The number of hydrogen-bond donors (Lipinski definition) is 4. The molecular weight excluding hydrogens is 576 g/mol. The highest BCUT2D eigenvalue weighted by molar-refractivity contribution is 7.21. The van der Waals surface area contributed by atoms with Crippen molar-refractivity contribution in [2.24, 2.45) is 11.5 Å². The van der Waals surface area contributed by atoms with Crippen molar-refractivity contribution >= 4 is 44.7 Å². The van der Waals surface area contributed by atoms with Crippen molar-refractivity contribution in [3.63, 3.8) is 0 Å². The predicted molar refractivity (Wildman–Crippen MR) is 168 cm³/mol. The van der Waals surface area contributed by atoms with Gasteiger partial charge in [0, 0.05) is 35.8 Å². The third kappa shape index (κ3) is 4.87. The molecule has 3 atom stereocenters. The number of ketones is 1. The van der Waals surface area contributed by atoms with Crippen molar-refractivity contribution in [3.8, 4) is 17.6 Å². The lowest BCUT2D eigenvalue weighted by molar-refractivity contribution is -0.131. The molecule has 2 amide bonds. The molecule has 10 nitrogen and oxygen atoms in total. The molecule has 0 bridgehead atoms. The number of anilines is 1. The zero-order valence-electron chi connectivity index (χ0n) is 24.1. The second-order valence-electron chi connectivity index (χ2n) is 11.3. The highest BCUT2D eigenvalue weighted by Crippen LogP contribution is 2.50. The molecular formula is C33H32N6O4S. The van der Waals surface area contributed by atoms with Crippen molar-refractivity contribution in [2.75, 3.05) is 18.8 Å². The Kier molecular flexibility index (Phi) is 7.59. The summed E-state index contributed by atoms with van der Waals surface area (Å²) in [6.45, 7) is 2.71. The number of amides is 2. The first-order valence-corrected chi connectivity index (χ1v) is 15.2. The summed E-state index contributed by atoms with van der Waals surface area (Å²) >= 11 is 1.18. The topological polar surface area (TPSA) is 178 Å². The van der Waals surface area contributed by atoms with Crippen LogP contribution in [-0.4, -0.2) is 41.6 Å². The molecule has 0 spiro atoms. The Morgan fingerprint density at radius 2 is 1.89 bits per heavy atom. The summed E-state index contributed by atoms with van der Waals surface area (Å²) in [4.78, 5) is 42.1. The minimum atomic E-state index is -1.59. The maximum Gasteiger partial charge on any atom is 0.262 e. The van der Waals surface area contributed by atoms with Crippen LogP contribution in [0, 0.1) is 18.3 Å². The number of benzene rings is 3. The number of nitrogens with two attached hydrogens (primary N) is 3. The van der Waals surface area contributed by atoms with Gasteiger partial charge >= 0.3 is 0 Å². The maximum absolute atomic E-state index is 14.2. The van der Waals surface area contributed by atoms with Gasteiger partial charge in [0.15, 0.2) is 5.78 Å². The first-order valence-electron chi connectivity index (χ1n) is 14.4. The van der Waals surface area contributed by atoms with E-state index in [4.69, 9.17) is 27.2 Å². The van der Waals surface area contributed by atoms with Crippen LogP contribution in [0.4, 0.5) is 5.69 Å². The van der Waals surface area contributed by atoms with Crippen LogP contribution >= 0.6 is 11.3 Å². The Morgan fingerprint density at radius 1 is 1.14 bits per heavy atom. The monoisotopic (exact) mass is 608 g/mol. The second kappa shape index (κ2) is 11.4. The highest BCUT2D eigenvalue weighted by Gasteiger charge is 2.49. The summed E-state index contributed by atoms with van der Waals surface area (Å²) in [5, 5.41) is 12.6. The normalized spacial score (nSPS) is 21.1. The molecule has 3 unspecified atom stereocenters. The van der Waals surface area contributed by atoms with E-state index in [1.54, 1.807) is 29.2 Å². The summed E-state index contributed by atoms with van der Waals surface area (Å²) in [7, 11) is 0. The number of Topliss-reactive ketones (excluding diaryl/α,β-unsaturated/α-hetero) is 1. The number of thiophene rings is 1. The van der Waals surface area contributed by atoms with Gasteiger partial charge in [0.25, 0.3) is 5.91 Å². The van der Waals surface area contributed by atoms with E-state index in [-0.39, 0.29) is 18.4 Å². The average Bonchev–Trinajstić information content (AvgIpc) is 3.42. The minimum absolute atomic E-state index is 0.205. The molecule has 11 heteroatoms. The number of carbonyl (C=O) groups excluding carboxylic acids is 3. The van der Waals surface area contributed by atoms with Crippen LogP contribution < -0.4 is 27.3 Å². The van der Waals surface area contributed by atoms with Crippen LogP contribution in [-0.2, 0) is 15.1 Å². The number of nitrogen functional groups attached to an aromatic ring is 1. The van der Waals surface area contributed by atoms with Crippen LogP contribution in [0.5, 0.6) is 11.5 Å². The molecule has 44 heavy (non-hydrogen) atoms. The van der Waals surface area contributed by atoms with Crippen LogP contribution in [0.25, 0.3) is 10.1 Å². The standard InChI is InChI=1S/C33H32N6O4S/c1-18-16-21(43-20-7-3-2-4-8-20)9-10-22(18)33(37)23-11-12-24(35)29-26(23)27(28(36)31(33)41)30(44-29)32(42)38-19-6-5-15-39(17-19)25(40)13-14-34/h2-4,7-12,16,19,28H,5-6,13,15,17,35-37H2,1H3,(H,38,42). The zero-order chi connectivity index (χ0) is 31.2. The Morgan fingerprint density at radius 3 is 2.61 bits per heavy atom. The number of para-hydroxylation sites is 1. The molecule has 0 radical (unpaired) electrons. The van der Waals surface area contributed by atoms with Gasteiger partial charge < -0.3 is 32.2 Å². The van der Waals surface area contributed by atoms with Gasteiger partial charge in [-0.1, -0.05) is 30.3 Å². The molecule has 224 valence electrons. The number of hydrogen-bond acceptors (Lipinski definition) is 9. The Balaban J connectivity index is 1.37. The largest absolute Gasteiger partial charge is 0.457 e. The number of likely N-dealkylation sites (tertiary alicyclic amines) is 1. The van der Waals surface area contributed by atoms with Crippen molar-refractivity contribution in [2.45, 2.75) is 43.8 Å². The summed E-state index contributed by atoms with van der Waals surface area (Å²) < 4.78 is 6.63. The van der Waals surface area contributed by atoms with Gasteiger partial charge in [-0.3, -0.25) is 14.4 Å². The summed E-state index contributed by atoms with van der Waals surface area (Å²) in [6, 6.07) is 18.6. The van der Waals surface area contributed by atoms with Crippen LogP contribution in [0.2, 0.25) is 0 Å². The maximum atomic E-state index is 14.2. The quantitative estimate of drug-likeness (QED) is 0.237. The van der Waals surface area contributed by atoms with E-state index in [2.05, 4.69) is 5.32 Å². The lowest BCUT2D eigenvalue weighted by atomic mass is 9.69. The fraction of sp³-hybridized carbons (Fsp3) is 0.273. The molecule has 1 aromatic heterocycles. The van der Waals surface area contributed by atoms with E-state index in [1.165, 1.54) is 11.3 Å². The van der Waals surface area contributed by atoms with Crippen LogP contribution in [0.3, 0.4) is 0 Å². The SMILES string of the molecule is Cc1cc(Oc2ccccc2)ccc1C1(N)C(=O)C(N)c2c(C(=O)NC3CCCN(C(=O)CC#N)C3)sc3c(N)ccc1c23. The van der Waals surface area contributed by atoms with E-state index in [9.17, 15) is 14.4 Å². The Bertz CT molecular complexity index is 1850. The molecule has 6 rings (SSSR count).